The molecule has 3 aromatic rings. The van der Waals surface area contributed by atoms with Gasteiger partial charge in [0.2, 0.25) is 0 Å². The van der Waals surface area contributed by atoms with Crippen molar-refractivity contribution in [3.05, 3.63) is 86.5 Å². The maximum absolute atomic E-state index is 13.4. The van der Waals surface area contributed by atoms with Gasteiger partial charge in [-0.25, -0.2) is 22.5 Å². The van der Waals surface area contributed by atoms with Crippen molar-refractivity contribution in [1.29, 1.82) is 0 Å². The average molecular weight is 540 g/mol. The number of hydrogen-bond acceptors (Lipinski definition) is 4. The molecule has 0 aliphatic heterocycles. The van der Waals surface area contributed by atoms with Crippen molar-refractivity contribution in [2.24, 2.45) is 0 Å². The van der Waals surface area contributed by atoms with E-state index in [1.165, 1.54) is 18.2 Å². The van der Waals surface area contributed by atoms with Crippen LogP contribution in [-0.4, -0.2) is 24.5 Å². The van der Waals surface area contributed by atoms with E-state index in [-0.39, 0.29) is 20.5 Å². The number of sulfonamides is 1. The molecule has 174 valence electrons. The molecule has 0 amide bonds. The quantitative estimate of drug-likeness (QED) is 0.406. The number of carbonyl (C=O) groups is 1. The van der Waals surface area contributed by atoms with Gasteiger partial charge in [-0.15, -0.1) is 0 Å². The van der Waals surface area contributed by atoms with Crippen LogP contribution < -0.4 is 4.31 Å². The summed E-state index contributed by atoms with van der Waals surface area (Å²) < 4.78 is 66.6. The summed E-state index contributed by atoms with van der Waals surface area (Å²) >= 11 is 17.9. The summed E-state index contributed by atoms with van der Waals surface area (Å²) in [7, 11) is -4.45. The first-order chi connectivity index (χ1) is 15.3. The number of nitrogens with zero attached hydrogens (tertiary/aromatic N) is 2. The Labute approximate surface area is 201 Å². The summed E-state index contributed by atoms with van der Waals surface area (Å²) in [6.45, 7) is -0.405. The molecule has 6 nitrogen and oxygen atoms in total. The van der Waals surface area contributed by atoms with Gasteiger partial charge in [-0.1, -0.05) is 40.9 Å². The van der Waals surface area contributed by atoms with E-state index in [4.69, 9.17) is 39.9 Å². The van der Waals surface area contributed by atoms with Crippen LogP contribution in [0.1, 0.15) is 21.5 Å². The van der Waals surface area contributed by atoms with Crippen molar-refractivity contribution in [3.63, 3.8) is 0 Å². The van der Waals surface area contributed by atoms with Gasteiger partial charge < -0.3 is 5.11 Å². The fourth-order valence-corrected chi connectivity index (χ4v) is 4.81. The number of anilines is 1. The monoisotopic (exact) mass is 538 g/mol. The minimum Gasteiger partial charge on any atom is -0.478 e. The number of aromatic carboxylic acids is 1. The molecule has 0 aliphatic carbocycles. The normalized spacial score (nSPS) is 11.9. The number of aromatic nitrogens is 1. The topological polar surface area (TPSA) is 87.6 Å². The van der Waals surface area contributed by atoms with Crippen LogP contribution in [0.5, 0.6) is 0 Å². The summed E-state index contributed by atoms with van der Waals surface area (Å²) in [6, 6.07) is 9.11. The number of alkyl halides is 3. The molecule has 0 unspecified atom stereocenters. The predicted molar refractivity (Wildman–Crippen MR) is 117 cm³/mol. The van der Waals surface area contributed by atoms with Crippen LogP contribution in [-0.2, 0) is 22.7 Å². The maximum atomic E-state index is 13.4. The molecule has 0 bridgehead atoms. The second kappa shape index (κ2) is 9.38. The molecule has 1 N–H and O–H groups in total. The SMILES string of the molecule is O=C(O)c1ccc(S(=O)(=O)N(Cc2ccc(Cl)c(Cl)c2)c2ncc(C(F)(F)F)cc2Cl)cc1. The largest absolute Gasteiger partial charge is 0.478 e. The Bertz CT molecular complexity index is 1320. The number of carboxylic acids is 1. The standard InChI is InChI=1S/C20H12Cl3F3N2O4S/c21-15-6-1-11(7-16(15)22)10-28(18-17(23)8-13(9-27-18)20(24,25)26)33(31,32)14-4-2-12(3-5-14)19(29)30/h1-9H,10H2,(H,29,30). The molecule has 2 aromatic carbocycles. The Hall–Kier alpha value is -2.53. The van der Waals surface area contributed by atoms with E-state index in [2.05, 4.69) is 4.98 Å². The molecule has 1 aromatic heterocycles. The molecule has 3 rings (SSSR count). The van der Waals surface area contributed by atoms with Gasteiger partial charge in [0.1, 0.15) is 0 Å². The van der Waals surface area contributed by atoms with Crippen molar-refractivity contribution >= 4 is 56.6 Å². The molecule has 0 atom stereocenters. The zero-order chi connectivity index (χ0) is 24.6. The van der Waals surface area contributed by atoms with Crippen LogP contribution in [0.15, 0.2) is 59.6 Å². The van der Waals surface area contributed by atoms with Crippen molar-refractivity contribution in [1.82, 2.24) is 4.98 Å². The van der Waals surface area contributed by atoms with Crippen LogP contribution >= 0.6 is 34.8 Å². The zero-order valence-electron chi connectivity index (χ0n) is 16.1. The van der Waals surface area contributed by atoms with Crippen LogP contribution in [0.25, 0.3) is 0 Å². The Morgan fingerprint density at radius 1 is 0.970 bits per heavy atom. The zero-order valence-corrected chi connectivity index (χ0v) is 19.2. The number of carboxylic acid groups (broad SMARTS) is 1. The van der Waals surface area contributed by atoms with E-state index in [1.807, 2.05) is 0 Å². The molecule has 0 aliphatic rings. The third kappa shape index (κ3) is 5.52. The molecular formula is C20H12Cl3F3N2O4S. The van der Waals surface area contributed by atoms with E-state index in [9.17, 15) is 26.4 Å². The third-order valence-corrected chi connectivity index (χ3v) is 7.15. The first-order valence-corrected chi connectivity index (χ1v) is 11.4. The smallest absolute Gasteiger partial charge is 0.417 e. The third-order valence-electron chi connectivity index (χ3n) is 4.38. The number of halogens is 6. The van der Waals surface area contributed by atoms with Crippen molar-refractivity contribution in [3.8, 4) is 0 Å². The Morgan fingerprint density at radius 3 is 2.12 bits per heavy atom. The number of rotatable bonds is 6. The number of benzene rings is 2. The van der Waals surface area contributed by atoms with Gasteiger partial charge >= 0.3 is 12.1 Å². The minimum absolute atomic E-state index is 0.129. The van der Waals surface area contributed by atoms with E-state index in [0.717, 1.165) is 24.3 Å². The summed E-state index contributed by atoms with van der Waals surface area (Å²) in [5, 5.41) is 8.82. The molecule has 0 saturated carbocycles. The first kappa shape index (κ1) is 25.1. The highest BCUT2D eigenvalue weighted by Crippen LogP contribution is 2.36. The van der Waals surface area contributed by atoms with Crippen molar-refractivity contribution in [2.75, 3.05) is 4.31 Å². The summed E-state index contributed by atoms with van der Waals surface area (Å²) in [5.41, 5.74) is -0.975. The van der Waals surface area contributed by atoms with E-state index in [0.29, 0.717) is 22.1 Å². The fraction of sp³-hybridized carbons (Fsp3) is 0.100. The average Bonchev–Trinajstić information content (AvgIpc) is 2.74. The van der Waals surface area contributed by atoms with Gasteiger partial charge in [0.05, 0.1) is 37.6 Å². The van der Waals surface area contributed by atoms with E-state index in [1.54, 1.807) is 0 Å². The fourth-order valence-electron chi connectivity index (χ4n) is 2.74. The summed E-state index contributed by atoms with van der Waals surface area (Å²) in [4.78, 5) is 14.4. The Kier molecular flexibility index (Phi) is 7.13. The van der Waals surface area contributed by atoms with E-state index < -0.39 is 45.1 Å². The van der Waals surface area contributed by atoms with Crippen LogP contribution in [0.3, 0.4) is 0 Å². The lowest BCUT2D eigenvalue weighted by molar-refractivity contribution is -0.137. The predicted octanol–water partition coefficient (Wildman–Crippen LogP) is 6.15. The summed E-state index contributed by atoms with van der Waals surface area (Å²) in [5.74, 6) is -1.72. The Balaban J connectivity index is 2.14. The van der Waals surface area contributed by atoms with Gasteiger partial charge in [0, 0.05) is 6.20 Å². The van der Waals surface area contributed by atoms with Crippen LogP contribution in [0.4, 0.5) is 19.0 Å². The number of hydrogen-bond donors (Lipinski definition) is 1. The molecular weight excluding hydrogens is 528 g/mol. The summed E-state index contributed by atoms with van der Waals surface area (Å²) in [6.07, 6.45) is -4.28. The van der Waals surface area contributed by atoms with Gasteiger partial charge in [-0.2, -0.15) is 13.2 Å². The maximum Gasteiger partial charge on any atom is 0.417 e. The van der Waals surface area contributed by atoms with Crippen molar-refractivity contribution in [2.45, 2.75) is 17.6 Å². The minimum atomic E-state index is -4.74. The van der Waals surface area contributed by atoms with E-state index >= 15 is 0 Å². The number of pyridine rings is 1. The molecule has 33 heavy (non-hydrogen) atoms. The second-order valence-corrected chi connectivity index (χ2v) is 9.70. The van der Waals surface area contributed by atoms with Crippen LogP contribution in [0.2, 0.25) is 15.1 Å². The highest BCUT2D eigenvalue weighted by molar-refractivity contribution is 7.92. The molecule has 13 heteroatoms. The van der Waals surface area contributed by atoms with Crippen molar-refractivity contribution < 1.29 is 31.5 Å². The molecule has 0 saturated heterocycles. The lowest BCUT2D eigenvalue weighted by Gasteiger charge is -2.25. The Morgan fingerprint density at radius 2 is 1.61 bits per heavy atom. The highest BCUT2D eigenvalue weighted by Gasteiger charge is 2.34. The lowest BCUT2D eigenvalue weighted by Crippen LogP contribution is -2.32. The van der Waals surface area contributed by atoms with Gasteiger partial charge in [-0.3, -0.25) is 0 Å². The first-order valence-electron chi connectivity index (χ1n) is 8.83. The van der Waals surface area contributed by atoms with Gasteiger partial charge in [0.25, 0.3) is 10.0 Å². The van der Waals surface area contributed by atoms with Crippen LogP contribution in [0, 0.1) is 0 Å². The second-order valence-electron chi connectivity index (χ2n) is 6.62. The molecule has 0 fully saturated rings. The highest BCUT2D eigenvalue weighted by atomic mass is 35.5. The molecule has 0 spiro atoms. The lowest BCUT2D eigenvalue weighted by atomic mass is 10.2. The molecule has 1 heterocycles. The molecule has 0 radical (unpaired) electrons. The van der Waals surface area contributed by atoms with Gasteiger partial charge in [0.15, 0.2) is 5.82 Å². The van der Waals surface area contributed by atoms with Gasteiger partial charge in [-0.05, 0) is 48.0 Å².